The molecular formula is C21H17N3O2. The van der Waals surface area contributed by atoms with E-state index >= 15 is 0 Å². The van der Waals surface area contributed by atoms with Gasteiger partial charge in [-0.05, 0) is 35.9 Å². The lowest BCUT2D eigenvalue weighted by atomic mass is 10.1. The summed E-state index contributed by atoms with van der Waals surface area (Å²) in [5.74, 6) is 2.42. The minimum Gasteiger partial charge on any atom is -0.486 e. The molecule has 5 heteroatoms. The van der Waals surface area contributed by atoms with Crippen LogP contribution in [0.1, 0.15) is 5.56 Å². The minimum atomic E-state index is 0.568. The van der Waals surface area contributed by atoms with Gasteiger partial charge in [0.15, 0.2) is 17.1 Å². The number of pyridine rings is 1. The summed E-state index contributed by atoms with van der Waals surface area (Å²) in [6.07, 6.45) is 1.80. The Morgan fingerprint density at radius 2 is 1.73 bits per heavy atom. The lowest BCUT2D eigenvalue weighted by Crippen LogP contribution is -2.15. The van der Waals surface area contributed by atoms with Gasteiger partial charge in [0, 0.05) is 11.8 Å². The third-order valence-corrected chi connectivity index (χ3v) is 4.49. The first-order valence-corrected chi connectivity index (χ1v) is 8.64. The molecule has 0 aliphatic carbocycles. The highest BCUT2D eigenvalue weighted by Crippen LogP contribution is 2.35. The van der Waals surface area contributed by atoms with Gasteiger partial charge < -0.3 is 14.0 Å². The van der Waals surface area contributed by atoms with Crippen LogP contribution in [-0.4, -0.2) is 27.7 Å². The fraction of sp³-hybridized carbons (Fsp3) is 0.143. The van der Waals surface area contributed by atoms with Gasteiger partial charge >= 0.3 is 0 Å². The van der Waals surface area contributed by atoms with Crippen molar-refractivity contribution in [2.24, 2.45) is 0 Å². The van der Waals surface area contributed by atoms with Gasteiger partial charge in [-0.25, -0.2) is 9.97 Å². The molecule has 5 nitrogen and oxygen atoms in total. The number of benzene rings is 2. The van der Waals surface area contributed by atoms with Gasteiger partial charge in [0.1, 0.15) is 24.6 Å². The Morgan fingerprint density at radius 3 is 2.62 bits per heavy atom. The van der Waals surface area contributed by atoms with Crippen LogP contribution in [0.3, 0.4) is 0 Å². The normalized spacial score (nSPS) is 13.1. The van der Waals surface area contributed by atoms with Crippen LogP contribution in [0.5, 0.6) is 11.5 Å². The van der Waals surface area contributed by atoms with Gasteiger partial charge in [0.2, 0.25) is 0 Å². The number of nitrogens with zero attached hydrogens (tertiary/aromatic N) is 3. The highest BCUT2D eigenvalue weighted by atomic mass is 16.6. The molecule has 128 valence electrons. The van der Waals surface area contributed by atoms with E-state index < -0.39 is 0 Å². The predicted octanol–water partition coefficient (Wildman–Crippen LogP) is 3.92. The summed E-state index contributed by atoms with van der Waals surface area (Å²) < 4.78 is 13.5. The maximum Gasteiger partial charge on any atom is 0.162 e. The number of hydrogen-bond acceptors (Lipinski definition) is 4. The van der Waals surface area contributed by atoms with E-state index in [1.807, 2.05) is 48.5 Å². The monoisotopic (exact) mass is 343 g/mol. The molecular weight excluding hydrogens is 326 g/mol. The summed E-state index contributed by atoms with van der Waals surface area (Å²) in [5, 5.41) is 0. The second-order valence-corrected chi connectivity index (χ2v) is 6.21. The summed E-state index contributed by atoms with van der Waals surface area (Å²) >= 11 is 0. The lowest BCUT2D eigenvalue weighted by molar-refractivity contribution is 0.171. The van der Waals surface area contributed by atoms with Crippen molar-refractivity contribution in [1.82, 2.24) is 14.5 Å². The standard InChI is InChI=1S/C21H17N3O2/c1-2-5-15(6-3-1)14-24-20(23-17-7-4-10-22-21(17)24)16-8-9-18-19(13-16)26-12-11-25-18/h1-10,13H,11-12,14H2. The number of ether oxygens (including phenoxy) is 2. The number of aromatic nitrogens is 3. The Morgan fingerprint density at radius 1 is 0.885 bits per heavy atom. The van der Waals surface area contributed by atoms with Gasteiger partial charge in [-0.2, -0.15) is 0 Å². The molecule has 0 saturated heterocycles. The van der Waals surface area contributed by atoms with E-state index in [0.717, 1.165) is 34.1 Å². The number of hydrogen-bond donors (Lipinski definition) is 0. The van der Waals surface area contributed by atoms with E-state index in [9.17, 15) is 0 Å². The predicted molar refractivity (Wildman–Crippen MR) is 99.5 cm³/mol. The zero-order chi connectivity index (χ0) is 17.3. The Labute approximate surface area is 150 Å². The van der Waals surface area contributed by atoms with Gasteiger partial charge in [-0.15, -0.1) is 0 Å². The first kappa shape index (κ1) is 15.0. The fourth-order valence-electron chi connectivity index (χ4n) is 3.28. The first-order valence-electron chi connectivity index (χ1n) is 8.64. The Kier molecular flexibility index (Phi) is 3.56. The van der Waals surface area contributed by atoms with Crippen molar-refractivity contribution in [2.75, 3.05) is 13.2 Å². The zero-order valence-electron chi connectivity index (χ0n) is 14.1. The first-order chi connectivity index (χ1) is 12.9. The summed E-state index contributed by atoms with van der Waals surface area (Å²) in [6.45, 7) is 1.86. The molecule has 0 spiro atoms. The largest absolute Gasteiger partial charge is 0.486 e. The molecule has 26 heavy (non-hydrogen) atoms. The molecule has 4 aromatic rings. The van der Waals surface area contributed by atoms with E-state index in [2.05, 4.69) is 21.7 Å². The van der Waals surface area contributed by atoms with Gasteiger partial charge in [-0.1, -0.05) is 30.3 Å². The molecule has 0 saturated carbocycles. The van der Waals surface area contributed by atoms with E-state index in [-0.39, 0.29) is 0 Å². The average molecular weight is 343 g/mol. The molecule has 0 fully saturated rings. The van der Waals surface area contributed by atoms with Crippen LogP contribution < -0.4 is 9.47 Å². The zero-order valence-corrected chi connectivity index (χ0v) is 14.1. The molecule has 2 aromatic carbocycles. The fourth-order valence-corrected chi connectivity index (χ4v) is 3.28. The van der Waals surface area contributed by atoms with Crippen LogP contribution in [0, 0.1) is 0 Å². The van der Waals surface area contributed by atoms with Crippen molar-refractivity contribution in [1.29, 1.82) is 0 Å². The van der Waals surface area contributed by atoms with Gasteiger partial charge in [-0.3, -0.25) is 0 Å². The van der Waals surface area contributed by atoms with Crippen molar-refractivity contribution in [3.05, 3.63) is 72.4 Å². The third-order valence-electron chi connectivity index (χ3n) is 4.49. The molecule has 0 amide bonds. The quantitative estimate of drug-likeness (QED) is 0.566. The number of rotatable bonds is 3. The van der Waals surface area contributed by atoms with Crippen molar-refractivity contribution in [3.8, 4) is 22.9 Å². The summed E-state index contributed by atoms with van der Waals surface area (Å²) in [6, 6.07) is 20.2. The van der Waals surface area contributed by atoms with Crippen LogP contribution >= 0.6 is 0 Å². The van der Waals surface area contributed by atoms with Gasteiger partial charge in [0.05, 0.1) is 6.54 Å². The second kappa shape index (κ2) is 6.19. The Balaban J connectivity index is 1.66. The van der Waals surface area contributed by atoms with E-state index in [1.54, 1.807) is 6.20 Å². The number of fused-ring (bicyclic) bond motifs is 2. The molecule has 0 N–H and O–H groups in total. The highest BCUT2D eigenvalue weighted by molar-refractivity contribution is 5.78. The SMILES string of the molecule is c1ccc(Cn2c(-c3ccc4c(c3)OCCO4)nc3cccnc32)cc1. The second-order valence-electron chi connectivity index (χ2n) is 6.21. The molecule has 3 heterocycles. The smallest absolute Gasteiger partial charge is 0.162 e. The molecule has 0 radical (unpaired) electrons. The molecule has 1 aliphatic rings. The summed E-state index contributed by atoms with van der Waals surface area (Å²) in [7, 11) is 0. The molecule has 0 unspecified atom stereocenters. The minimum absolute atomic E-state index is 0.568. The van der Waals surface area contributed by atoms with Crippen molar-refractivity contribution < 1.29 is 9.47 Å². The van der Waals surface area contributed by atoms with Crippen LogP contribution in [-0.2, 0) is 6.54 Å². The van der Waals surface area contributed by atoms with E-state index in [1.165, 1.54) is 5.56 Å². The maximum atomic E-state index is 5.74. The Bertz CT molecular complexity index is 1070. The number of imidazole rings is 1. The summed E-state index contributed by atoms with van der Waals surface area (Å²) in [5.41, 5.74) is 3.95. The van der Waals surface area contributed by atoms with Crippen LogP contribution in [0.2, 0.25) is 0 Å². The third kappa shape index (κ3) is 2.58. The molecule has 5 rings (SSSR count). The van der Waals surface area contributed by atoms with Gasteiger partial charge in [0.25, 0.3) is 0 Å². The average Bonchev–Trinajstić information content (AvgIpc) is 3.07. The van der Waals surface area contributed by atoms with Crippen LogP contribution in [0.4, 0.5) is 0 Å². The van der Waals surface area contributed by atoms with Crippen LogP contribution in [0.25, 0.3) is 22.6 Å². The molecule has 0 atom stereocenters. The highest BCUT2D eigenvalue weighted by Gasteiger charge is 2.17. The maximum absolute atomic E-state index is 5.74. The Hall–Kier alpha value is -3.34. The summed E-state index contributed by atoms with van der Waals surface area (Å²) in [4.78, 5) is 9.39. The topological polar surface area (TPSA) is 49.2 Å². The van der Waals surface area contributed by atoms with Crippen LogP contribution in [0.15, 0.2) is 66.9 Å². The van der Waals surface area contributed by atoms with E-state index in [0.29, 0.717) is 19.8 Å². The lowest BCUT2D eigenvalue weighted by Gasteiger charge is -2.19. The molecule has 2 aromatic heterocycles. The van der Waals surface area contributed by atoms with Crippen molar-refractivity contribution >= 4 is 11.2 Å². The van der Waals surface area contributed by atoms with Crippen molar-refractivity contribution in [3.63, 3.8) is 0 Å². The molecule has 0 bridgehead atoms. The van der Waals surface area contributed by atoms with E-state index in [4.69, 9.17) is 14.5 Å². The molecule has 1 aliphatic heterocycles. The van der Waals surface area contributed by atoms with Crippen molar-refractivity contribution in [2.45, 2.75) is 6.54 Å².